The van der Waals surface area contributed by atoms with Gasteiger partial charge in [0.1, 0.15) is 11.5 Å². The van der Waals surface area contributed by atoms with Crippen LogP contribution in [0.25, 0.3) is 21.6 Å². The van der Waals surface area contributed by atoms with Gasteiger partial charge in [0.25, 0.3) is 0 Å². The lowest BCUT2D eigenvalue weighted by Crippen LogP contribution is -2.42. The van der Waals surface area contributed by atoms with Crippen LogP contribution in [0, 0.1) is 0 Å². The maximum absolute atomic E-state index is 5.37. The largest absolute Gasteiger partial charge is 0.497 e. The highest BCUT2D eigenvalue weighted by Gasteiger charge is 2.28. The van der Waals surface area contributed by atoms with E-state index in [0.29, 0.717) is 0 Å². The van der Waals surface area contributed by atoms with E-state index in [1.54, 1.807) is 14.2 Å². The van der Waals surface area contributed by atoms with Crippen molar-refractivity contribution in [3.63, 3.8) is 0 Å². The van der Waals surface area contributed by atoms with Gasteiger partial charge in [-0.05, 0) is 64.1 Å². The lowest BCUT2D eigenvalue weighted by atomic mass is 10.0. The molecule has 1 aromatic heterocycles. The number of benzene rings is 3. The molecule has 0 saturated heterocycles. The summed E-state index contributed by atoms with van der Waals surface area (Å²) in [5, 5.41) is 0. The van der Waals surface area contributed by atoms with E-state index in [1.807, 2.05) is 35.6 Å². The van der Waals surface area contributed by atoms with Gasteiger partial charge in [0.05, 0.1) is 22.3 Å². The Kier molecular flexibility index (Phi) is 6.30. The Balaban J connectivity index is 1.78. The lowest BCUT2D eigenvalue weighted by molar-refractivity contribution is 0.414. The monoisotopic (exact) mass is 444 g/mol. The zero-order chi connectivity index (χ0) is 21.8. The highest BCUT2D eigenvalue weighted by Crippen LogP contribution is 2.38. The topological polar surface area (TPSA) is 18.5 Å². The van der Waals surface area contributed by atoms with E-state index in [0.717, 1.165) is 17.5 Å². The molecule has 0 spiro atoms. The third kappa shape index (κ3) is 4.76. The lowest BCUT2D eigenvalue weighted by Gasteiger charge is -2.20. The quantitative estimate of drug-likeness (QED) is 0.292. The Hall–Kier alpha value is -2.82. The van der Waals surface area contributed by atoms with E-state index in [-0.39, 0.29) is 0 Å². The molecular weight excluding hydrogens is 416 g/mol. The predicted molar refractivity (Wildman–Crippen MR) is 136 cm³/mol. The van der Waals surface area contributed by atoms with Crippen LogP contribution in [0.4, 0.5) is 0 Å². The summed E-state index contributed by atoms with van der Waals surface area (Å²) in [4.78, 5) is 1.32. The van der Waals surface area contributed by atoms with Crippen molar-refractivity contribution in [3.05, 3.63) is 90.5 Å². The van der Waals surface area contributed by atoms with Crippen LogP contribution in [-0.2, 0) is 6.04 Å². The number of hydrogen-bond acceptors (Lipinski definition) is 3. The molecule has 0 bridgehead atoms. The molecule has 4 heteroatoms. The molecule has 0 atom stereocenters. The average Bonchev–Trinajstić information content (AvgIpc) is 3.26. The van der Waals surface area contributed by atoms with Gasteiger partial charge < -0.3 is 9.47 Å². The number of ether oxygens (including phenoxy) is 2. The summed E-state index contributed by atoms with van der Waals surface area (Å²) in [7, 11) is 1.75. The molecule has 1 heterocycles. The third-order valence-electron chi connectivity index (χ3n) is 5.64. The van der Waals surface area contributed by atoms with Crippen molar-refractivity contribution in [2.45, 2.75) is 19.1 Å². The fourth-order valence-electron chi connectivity index (χ4n) is 3.86. The van der Waals surface area contributed by atoms with E-state index in [2.05, 4.69) is 73.8 Å². The van der Waals surface area contributed by atoms with Gasteiger partial charge in [-0.2, -0.15) is 0 Å². The number of methoxy groups -OCH3 is 2. The Morgan fingerprint density at radius 1 is 0.710 bits per heavy atom. The first-order valence-electron chi connectivity index (χ1n) is 10.5. The van der Waals surface area contributed by atoms with Crippen molar-refractivity contribution >= 4 is 23.9 Å². The maximum atomic E-state index is 5.37. The first-order valence-corrected chi connectivity index (χ1v) is 14.5. The molecule has 0 aliphatic rings. The maximum Gasteiger partial charge on any atom is 0.118 e. The van der Waals surface area contributed by atoms with Gasteiger partial charge >= 0.3 is 0 Å². The van der Waals surface area contributed by atoms with Gasteiger partial charge in [-0.15, -0.1) is 11.3 Å². The second-order valence-corrected chi connectivity index (χ2v) is 14.4. The molecule has 4 aromatic rings. The standard InChI is InChI=1S/C27H28O2SSi/c1-28-23-14-10-21(11-15-23)25-18-26(31(3,4)19-20-8-6-5-7-9-20)30-27(25)22-12-16-24(29-2)17-13-22/h5-18H,19H2,1-4H3. The second-order valence-electron chi connectivity index (χ2n) is 8.36. The molecule has 0 N–H and O–H groups in total. The molecule has 31 heavy (non-hydrogen) atoms. The Morgan fingerprint density at radius 3 is 1.81 bits per heavy atom. The van der Waals surface area contributed by atoms with Crippen LogP contribution in [0.5, 0.6) is 11.5 Å². The first kappa shape index (κ1) is 21.4. The average molecular weight is 445 g/mol. The SMILES string of the molecule is COc1ccc(-c2cc([Si](C)(C)Cc3ccccc3)sc2-c2ccc(OC)cc2)cc1. The van der Waals surface area contributed by atoms with Gasteiger partial charge in [-0.25, -0.2) is 0 Å². The molecule has 3 aromatic carbocycles. The van der Waals surface area contributed by atoms with Crippen LogP contribution >= 0.6 is 11.3 Å². The fraction of sp³-hybridized carbons (Fsp3) is 0.185. The highest BCUT2D eigenvalue weighted by atomic mass is 32.1. The van der Waals surface area contributed by atoms with Crippen molar-refractivity contribution < 1.29 is 9.47 Å². The fourth-order valence-corrected chi connectivity index (χ4v) is 8.39. The van der Waals surface area contributed by atoms with E-state index < -0.39 is 8.07 Å². The van der Waals surface area contributed by atoms with Crippen LogP contribution in [-0.4, -0.2) is 22.3 Å². The molecule has 0 saturated carbocycles. The summed E-state index contributed by atoms with van der Waals surface area (Å²) in [6.07, 6.45) is 0. The Labute approximate surface area is 190 Å². The van der Waals surface area contributed by atoms with Crippen LogP contribution in [0.15, 0.2) is 84.9 Å². The normalized spacial score (nSPS) is 11.4. The molecule has 0 amide bonds. The summed E-state index contributed by atoms with van der Waals surface area (Å²) >= 11 is 1.95. The summed E-state index contributed by atoms with van der Waals surface area (Å²) in [5.74, 6) is 1.76. The first-order chi connectivity index (χ1) is 15.0. The minimum atomic E-state index is -1.66. The summed E-state index contributed by atoms with van der Waals surface area (Å²) in [6.45, 7) is 4.95. The van der Waals surface area contributed by atoms with E-state index in [1.165, 1.54) is 31.6 Å². The van der Waals surface area contributed by atoms with Gasteiger partial charge in [0.2, 0.25) is 0 Å². The molecule has 158 valence electrons. The van der Waals surface area contributed by atoms with Gasteiger partial charge in [-0.3, -0.25) is 0 Å². The highest BCUT2D eigenvalue weighted by molar-refractivity contribution is 7.29. The molecule has 0 unspecified atom stereocenters. The molecule has 0 aliphatic carbocycles. The van der Waals surface area contributed by atoms with Crippen LogP contribution in [0.1, 0.15) is 5.56 Å². The predicted octanol–water partition coefficient (Wildman–Crippen LogP) is 6.80. The van der Waals surface area contributed by atoms with Crippen molar-refractivity contribution in [1.82, 2.24) is 0 Å². The molecule has 0 fully saturated rings. The molecule has 0 radical (unpaired) electrons. The van der Waals surface area contributed by atoms with Crippen molar-refractivity contribution in [1.29, 1.82) is 0 Å². The van der Waals surface area contributed by atoms with Gasteiger partial charge in [0, 0.05) is 10.4 Å². The van der Waals surface area contributed by atoms with Crippen LogP contribution in [0.2, 0.25) is 13.1 Å². The van der Waals surface area contributed by atoms with Crippen molar-refractivity contribution in [3.8, 4) is 33.1 Å². The number of hydrogen-bond donors (Lipinski definition) is 0. The van der Waals surface area contributed by atoms with Crippen molar-refractivity contribution in [2.24, 2.45) is 0 Å². The molecule has 0 aliphatic heterocycles. The third-order valence-corrected chi connectivity index (χ3v) is 11.4. The molecule has 2 nitrogen and oxygen atoms in total. The Bertz CT molecular complexity index is 1070. The van der Waals surface area contributed by atoms with E-state index >= 15 is 0 Å². The summed E-state index contributed by atoms with van der Waals surface area (Å²) in [6, 6.07) is 31.2. The smallest absolute Gasteiger partial charge is 0.118 e. The van der Waals surface area contributed by atoms with Crippen LogP contribution < -0.4 is 14.0 Å². The summed E-state index contributed by atoms with van der Waals surface area (Å²) in [5.41, 5.74) is 5.16. The van der Waals surface area contributed by atoms with Gasteiger partial charge in [-0.1, -0.05) is 61.1 Å². The second kappa shape index (κ2) is 9.12. The zero-order valence-corrected chi connectivity index (χ0v) is 20.3. The van der Waals surface area contributed by atoms with E-state index in [9.17, 15) is 0 Å². The number of thiophene rings is 1. The molecular formula is C27H28O2SSi. The Morgan fingerprint density at radius 2 is 1.26 bits per heavy atom. The molecule has 4 rings (SSSR count). The van der Waals surface area contributed by atoms with Gasteiger partial charge in [0.15, 0.2) is 0 Å². The van der Waals surface area contributed by atoms with E-state index in [4.69, 9.17) is 9.47 Å². The van der Waals surface area contributed by atoms with Crippen LogP contribution in [0.3, 0.4) is 0 Å². The number of rotatable bonds is 7. The minimum Gasteiger partial charge on any atom is -0.497 e. The summed E-state index contributed by atoms with van der Waals surface area (Å²) < 4.78 is 12.3. The van der Waals surface area contributed by atoms with Crippen molar-refractivity contribution in [2.75, 3.05) is 14.2 Å². The minimum absolute atomic E-state index is 0.879. The zero-order valence-electron chi connectivity index (χ0n) is 18.5.